The molecule has 1 saturated heterocycles. The van der Waals surface area contributed by atoms with Crippen LogP contribution >= 0.6 is 15.9 Å². The molecule has 162 valence electrons. The maximum absolute atomic E-state index is 13.7. The van der Waals surface area contributed by atoms with E-state index < -0.39 is 6.04 Å². The molecule has 0 N–H and O–H groups in total. The van der Waals surface area contributed by atoms with Crippen LogP contribution in [0.4, 0.5) is 0 Å². The molecule has 6 heteroatoms. The molecule has 1 heterocycles. The number of hydrogen-bond donors (Lipinski definition) is 0. The average molecular weight is 476 g/mol. The Hall–Kier alpha value is -1.56. The van der Waals surface area contributed by atoms with Crippen LogP contribution in [0, 0.1) is 23.2 Å². The number of nitrogens with zero attached hydrogens (tertiary/aromatic N) is 1. The van der Waals surface area contributed by atoms with Crippen LogP contribution in [0.3, 0.4) is 0 Å². The second-order valence-electron chi connectivity index (χ2n) is 9.93. The van der Waals surface area contributed by atoms with Crippen molar-refractivity contribution in [3.63, 3.8) is 0 Å². The molecule has 4 saturated carbocycles. The van der Waals surface area contributed by atoms with Crippen molar-refractivity contribution in [1.82, 2.24) is 4.90 Å². The van der Waals surface area contributed by atoms with Gasteiger partial charge in [0.1, 0.15) is 18.4 Å². The van der Waals surface area contributed by atoms with E-state index in [0.717, 1.165) is 59.2 Å². The Morgan fingerprint density at radius 2 is 1.80 bits per heavy atom. The lowest BCUT2D eigenvalue weighted by molar-refractivity contribution is -0.166. The molecule has 0 spiro atoms. The van der Waals surface area contributed by atoms with Crippen molar-refractivity contribution < 1.29 is 19.1 Å². The predicted octanol–water partition coefficient (Wildman–Crippen LogP) is 4.71. The summed E-state index contributed by atoms with van der Waals surface area (Å²) in [4.78, 5) is 28.5. The molecule has 6 rings (SSSR count). The highest BCUT2D eigenvalue weighted by Crippen LogP contribution is 2.60. The van der Waals surface area contributed by atoms with Crippen LogP contribution in [-0.4, -0.2) is 36.5 Å². The van der Waals surface area contributed by atoms with Gasteiger partial charge in [-0.15, -0.1) is 0 Å². The number of benzene rings is 1. The zero-order valence-electron chi connectivity index (χ0n) is 17.6. The van der Waals surface area contributed by atoms with Crippen LogP contribution in [-0.2, 0) is 20.9 Å². The largest absolute Gasteiger partial charge is 0.496 e. The van der Waals surface area contributed by atoms with Crippen LogP contribution in [0.1, 0.15) is 56.9 Å². The first kappa shape index (κ1) is 20.3. The van der Waals surface area contributed by atoms with Gasteiger partial charge in [-0.25, -0.2) is 4.79 Å². The van der Waals surface area contributed by atoms with Crippen LogP contribution in [0.25, 0.3) is 0 Å². The van der Waals surface area contributed by atoms with Gasteiger partial charge in [0.05, 0.1) is 17.0 Å². The molecule has 1 unspecified atom stereocenters. The first-order chi connectivity index (χ1) is 14.5. The molecule has 30 heavy (non-hydrogen) atoms. The standard InChI is InChI=1S/C24H30BrNO4/c1-29-21-5-4-15(10-19(21)25)14-30-22(27)20-3-2-6-26(20)23(28)24-11-16-7-17(12-24)9-18(8-16)13-24/h4-5,10,16-18,20H,2-3,6-9,11-14H2,1H3. The number of methoxy groups -OCH3 is 1. The van der Waals surface area contributed by atoms with E-state index in [1.54, 1.807) is 7.11 Å². The van der Waals surface area contributed by atoms with E-state index in [1.807, 2.05) is 23.1 Å². The van der Waals surface area contributed by atoms with Gasteiger partial charge in [0.15, 0.2) is 0 Å². The second-order valence-corrected chi connectivity index (χ2v) is 10.8. The van der Waals surface area contributed by atoms with Crippen molar-refractivity contribution in [2.75, 3.05) is 13.7 Å². The van der Waals surface area contributed by atoms with Gasteiger partial charge in [0.25, 0.3) is 0 Å². The molecule has 1 amide bonds. The van der Waals surface area contributed by atoms with E-state index in [0.29, 0.717) is 13.0 Å². The highest BCUT2D eigenvalue weighted by Gasteiger charge is 2.56. The quantitative estimate of drug-likeness (QED) is 0.578. The molecule has 1 atom stereocenters. The summed E-state index contributed by atoms with van der Waals surface area (Å²) in [5, 5.41) is 0. The molecule has 1 aromatic carbocycles. The zero-order chi connectivity index (χ0) is 20.9. The Morgan fingerprint density at radius 3 is 2.40 bits per heavy atom. The second kappa shape index (κ2) is 7.85. The Bertz CT molecular complexity index is 818. The number of rotatable bonds is 5. The smallest absolute Gasteiger partial charge is 0.329 e. The van der Waals surface area contributed by atoms with Gasteiger partial charge in [0.2, 0.25) is 5.91 Å². The van der Waals surface area contributed by atoms with E-state index in [2.05, 4.69) is 15.9 Å². The molecule has 1 aromatic rings. The number of carbonyl (C=O) groups excluding carboxylic acids is 2. The number of hydrogen-bond acceptors (Lipinski definition) is 4. The average Bonchev–Trinajstić information content (AvgIpc) is 3.20. The Kier molecular flexibility index (Phi) is 5.32. The molecular formula is C24H30BrNO4. The first-order valence-corrected chi connectivity index (χ1v) is 12.1. The van der Waals surface area contributed by atoms with Crippen LogP contribution in [0.2, 0.25) is 0 Å². The molecule has 0 radical (unpaired) electrons. The highest BCUT2D eigenvalue weighted by atomic mass is 79.9. The summed E-state index contributed by atoms with van der Waals surface area (Å²) in [5.74, 6) is 2.89. The minimum Gasteiger partial charge on any atom is -0.496 e. The third kappa shape index (κ3) is 3.55. The molecule has 4 aliphatic carbocycles. The zero-order valence-corrected chi connectivity index (χ0v) is 19.2. The lowest BCUT2D eigenvalue weighted by atomic mass is 9.49. The van der Waals surface area contributed by atoms with E-state index in [1.165, 1.54) is 19.3 Å². The summed E-state index contributed by atoms with van der Waals surface area (Å²) >= 11 is 3.47. The van der Waals surface area contributed by atoms with Gasteiger partial charge in [0, 0.05) is 6.54 Å². The van der Waals surface area contributed by atoms with Crippen molar-refractivity contribution >= 4 is 27.8 Å². The summed E-state index contributed by atoms with van der Waals surface area (Å²) in [5.41, 5.74) is 0.700. The number of ether oxygens (including phenoxy) is 2. The highest BCUT2D eigenvalue weighted by molar-refractivity contribution is 9.10. The molecule has 4 bridgehead atoms. The van der Waals surface area contributed by atoms with Crippen LogP contribution in [0.5, 0.6) is 5.75 Å². The predicted molar refractivity (Wildman–Crippen MR) is 116 cm³/mol. The fourth-order valence-corrected chi connectivity index (χ4v) is 7.57. The van der Waals surface area contributed by atoms with Crippen molar-refractivity contribution in [3.05, 3.63) is 28.2 Å². The molecule has 5 aliphatic rings. The molecule has 5 fully saturated rings. The van der Waals surface area contributed by atoms with Gasteiger partial charge in [-0.3, -0.25) is 4.79 Å². The van der Waals surface area contributed by atoms with Gasteiger partial charge in [-0.1, -0.05) is 6.07 Å². The molecule has 0 aromatic heterocycles. The normalized spacial score (nSPS) is 34.3. The minimum absolute atomic E-state index is 0.196. The van der Waals surface area contributed by atoms with Gasteiger partial charge < -0.3 is 14.4 Å². The maximum atomic E-state index is 13.7. The van der Waals surface area contributed by atoms with Gasteiger partial charge >= 0.3 is 5.97 Å². The third-order valence-corrected chi connectivity index (χ3v) is 8.49. The van der Waals surface area contributed by atoms with Gasteiger partial charge in [-0.05, 0) is 103 Å². The number of likely N-dealkylation sites (tertiary alicyclic amines) is 1. The minimum atomic E-state index is -0.424. The van der Waals surface area contributed by atoms with E-state index in [4.69, 9.17) is 9.47 Å². The first-order valence-electron chi connectivity index (χ1n) is 11.3. The third-order valence-electron chi connectivity index (χ3n) is 7.87. The Labute approximate surface area is 186 Å². The number of carbonyl (C=O) groups is 2. The Morgan fingerprint density at radius 1 is 1.13 bits per heavy atom. The SMILES string of the molecule is COc1ccc(COC(=O)C2CCCN2C(=O)C23CC4CC(CC(C4)C2)C3)cc1Br. The topological polar surface area (TPSA) is 55.8 Å². The summed E-state index contributed by atoms with van der Waals surface area (Å²) in [6.07, 6.45) is 8.65. The summed E-state index contributed by atoms with van der Waals surface area (Å²) in [6, 6.07) is 5.22. The van der Waals surface area contributed by atoms with E-state index in [9.17, 15) is 9.59 Å². The monoisotopic (exact) mass is 475 g/mol. The molecule has 1 aliphatic heterocycles. The molecule has 5 nitrogen and oxygen atoms in total. The van der Waals surface area contributed by atoms with Crippen molar-refractivity contribution in [1.29, 1.82) is 0 Å². The number of halogens is 1. The summed E-state index contributed by atoms with van der Waals surface area (Å²) in [6.45, 7) is 0.895. The van der Waals surface area contributed by atoms with Crippen molar-refractivity contribution in [2.24, 2.45) is 23.2 Å². The fraction of sp³-hybridized carbons (Fsp3) is 0.667. The van der Waals surface area contributed by atoms with Crippen molar-refractivity contribution in [2.45, 2.75) is 64.0 Å². The van der Waals surface area contributed by atoms with E-state index >= 15 is 0 Å². The van der Waals surface area contributed by atoms with Crippen LogP contribution in [0.15, 0.2) is 22.7 Å². The summed E-state index contributed by atoms with van der Waals surface area (Å²) in [7, 11) is 1.62. The van der Waals surface area contributed by atoms with E-state index in [-0.39, 0.29) is 23.9 Å². The van der Waals surface area contributed by atoms with Crippen LogP contribution < -0.4 is 4.74 Å². The summed E-state index contributed by atoms with van der Waals surface area (Å²) < 4.78 is 11.7. The lowest BCUT2D eigenvalue weighted by Crippen LogP contribution is -2.56. The lowest BCUT2D eigenvalue weighted by Gasteiger charge is -2.56. The van der Waals surface area contributed by atoms with Gasteiger partial charge in [-0.2, -0.15) is 0 Å². The molecular weight excluding hydrogens is 446 g/mol. The fourth-order valence-electron chi connectivity index (χ4n) is 6.98. The van der Waals surface area contributed by atoms with Crippen molar-refractivity contribution in [3.8, 4) is 5.75 Å². The maximum Gasteiger partial charge on any atom is 0.329 e. The number of esters is 1. The number of amides is 1. The Balaban J connectivity index is 1.25.